The second kappa shape index (κ2) is 13.3. The average molecular weight is 542 g/mol. The van der Waals surface area contributed by atoms with Gasteiger partial charge in [-0.2, -0.15) is 0 Å². The SMILES string of the molecule is CC(C)C[C@H](NC(=O)c1nc[nH]c1C(=O)NC1CCN(C(=O)OC(C)(C)C)CC1)C(=O)OCc1ccccc1. The van der Waals surface area contributed by atoms with Gasteiger partial charge in [0.2, 0.25) is 0 Å². The number of hydrogen-bond donors (Lipinski definition) is 3. The summed E-state index contributed by atoms with van der Waals surface area (Å²) in [6, 6.07) is 8.19. The van der Waals surface area contributed by atoms with Crippen LogP contribution in [0, 0.1) is 5.92 Å². The first-order valence-electron chi connectivity index (χ1n) is 13.3. The number of nitrogens with zero attached hydrogens (tertiary/aromatic N) is 2. The van der Waals surface area contributed by atoms with Gasteiger partial charge in [-0.25, -0.2) is 14.6 Å². The number of piperidine rings is 1. The number of imidazole rings is 1. The highest BCUT2D eigenvalue weighted by molar-refractivity contribution is 6.05. The van der Waals surface area contributed by atoms with Crippen molar-refractivity contribution < 1.29 is 28.7 Å². The maximum Gasteiger partial charge on any atom is 0.410 e. The number of rotatable bonds is 9. The van der Waals surface area contributed by atoms with E-state index in [-0.39, 0.29) is 36.0 Å². The highest BCUT2D eigenvalue weighted by Gasteiger charge is 2.30. The quantitative estimate of drug-likeness (QED) is 0.413. The minimum Gasteiger partial charge on any atom is -0.459 e. The highest BCUT2D eigenvalue weighted by Crippen LogP contribution is 2.17. The minimum atomic E-state index is -0.897. The lowest BCUT2D eigenvalue weighted by Gasteiger charge is -2.33. The zero-order chi connectivity index (χ0) is 28.6. The van der Waals surface area contributed by atoms with Crippen molar-refractivity contribution in [3.05, 3.63) is 53.6 Å². The van der Waals surface area contributed by atoms with Gasteiger partial charge in [-0.15, -0.1) is 0 Å². The average Bonchev–Trinajstić information content (AvgIpc) is 3.37. The monoisotopic (exact) mass is 541 g/mol. The fourth-order valence-electron chi connectivity index (χ4n) is 4.17. The Labute approximate surface area is 229 Å². The number of aromatic amines is 1. The van der Waals surface area contributed by atoms with Gasteiger partial charge in [0, 0.05) is 19.1 Å². The Bertz CT molecular complexity index is 1130. The van der Waals surface area contributed by atoms with Gasteiger partial charge >= 0.3 is 12.1 Å². The van der Waals surface area contributed by atoms with Crippen LogP contribution in [0.25, 0.3) is 0 Å². The topological polar surface area (TPSA) is 143 Å². The second-order valence-corrected chi connectivity index (χ2v) is 11.1. The molecule has 212 valence electrons. The third kappa shape index (κ3) is 9.12. The van der Waals surface area contributed by atoms with Crippen LogP contribution >= 0.6 is 0 Å². The van der Waals surface area contributed by atoms with E-state index in [1.807, 2.05) is 65.0 Å². The molecule has 3 amide bonds. The fraction of sp³-hybridized carbons (Fsp3) is 0.536. The maximum atomic E-state index is 13.1. The molecule has 3 N–H and O–H groups in total. The summed E-state index contributed by atoms with van der Waals surface area (Å²) in [6.45, 7) is 10.3. The number of benzene rings is 1. The smallest absolute Gasteiger partial charge is 0.410 e. The van der Waals surface area contributed by atoms with Crippen LogP contribution in [0.2, 0.25) is 0 Å². The summed E-state index contributed by atoms with van der Waals surface area (Å²) >= 11 is 0. The molecule has 39 heavy (non-hydrogen) atoms. The standard InChI is InChI=1S/C28H39N5O6/c1-18(2)15-21(26(36)38-16-19-9-7-6-8-10-19)32-25(35)23-22(29-17-30-23)24(34)31-20-11-13-33(14-12-20)27(37)39-28(3,4)5/h6-10,17-18,20-21H,11-16H2,1-5H3,(H,29,30)(H,31,34)(H,32,35)/t21-/m0/s1. The molecular formula is C28H39N5O6. The number of aromatic nitrogens is 2. The summed E-state index contributed by atoms with van der Waals surface area (Å²) in [5, 5.41) is 5.60. The van der Waals surface area contributed by atoms with Crippen molar-refractivity contribution in [2.45, 2.75) is 78.2 Å². The van der Waals surface area contributed by atoms with Crippen LogP contribution in [-0.4, -0.2) is 69.5 Å². The van der Waals surface area contributed by atoms with E-state index in [1.54, 1.807) is 4.90 Å². The predicted octanol–water partition coefficient (Wildman–Crippen LogP) is 3.43. The molecule has 11 nitrogen and oxygen atoms in total. The van der Waals surface area contributed by atoms with Crippen LogP contribution in [0.3, 0.4) is 0 Å². The van der Waals surface area contributed by atoms with Crippen molar-refractivity contribution in [1.29, 1.82) is 0 Å². The van der Waals surface area contributed by atoms with Gasteiger partial charge < -0.3 is 30.0 Å². The first-order valence-corrected chi connectivity index (χ1v) is 13.3. The molecule has 11 heteroatoms. The molecule has 0 aliphatic carbocycles. The summed E-state index contributed by atoms with van der Waals surface area (Å²) in [5.74, 6) is -1.59. The summed E-state index contributed by atoms with van der Waals surface area (Å²) in [6.07, 6.45) is 2.34. The van der Waals surface area contributed by atoms with E-state index in [4.69, 9.17) is 9.47 Å². The zero-order valence-electron chi connectivity index (χ0n) is 23.3. The minimum absolute atomic E-state index is 0.00280. The van der Waals surface area contributed by atoms with Crippen molar-refractivity contribution >= 4 is 23.9 Å². The van der Waals surface area contributed by atoms with Crippen LogP contribution in [-0.2, 0) is 20.9 Å². The number of H-pyrrole nitrogens is 1. The van der Waals surface area contributed by atoms with Gasteiger partial charge in [-0.1, -0.05) is 44.2 Å². The number of ether oxygens (including phenoxy) is 2. The van der Waals surface area contributed by atoms with Gasteiger partial charge in [-0.05, 0) is 51.5 Å². The molecule has 1 fully saturated rings. The maximum absolute atomic E-state index is 13.1. The van der Waals surface area contributed by atoms with E-state index in [1.165, 1.54) is 6.33 Å². The third-order valence-corrected chi connectivity index (χ3v) is 6.08. The van der Waals surface area contributed by atoms with Crippen LogP contribution in [0.4, 0.5) is 4.79 Å². The second-order valence-electron chi connectivity index (χ2n) is 11.1. The van der Waals surface area contributed by atoms with Crippen LogP contribution < -0.4 is 10.6 Å². The van der Waals surface area contributed by atoms with Gasteiger partial charge in [0.25, 0.3) is 11.8 Å². The number of amides is 3. The lowest BCUT2D eigenvalue weighted by molar-refractivity contribution is -0.147. The van der Waals surface area contributed by atoms with Crippen LogP contribution in [0.5, 0.6) is 0 Å². The van der Waals surface area contributed by atoms with Crippen LogP contribution in [0.15, 0.2) is 36.7 Å². The van der Waals surface area contributed by atoms with Gasteiger partial charge in [-0.3, -0.25) is 9.59 Å². The molecule has 0 saturated carbocycles. The number of likely N-dealkylation sites (tertiary alicyclic amines) is 1. The molecule has 2 heterocycles. The molecule has 1 aromatic carbocycles. The van der Waals surface area contributed by atoms with E-state index >= 15 is 0 Å². The normalized spacial score (nSPS) is 15.0. The van der Waals surface area contributed by atoms with Crippen molar-refractivity contribution in [2.75, 3.05) is 13.1 Å². The van der Waals surface area contributed by atoms with Crippen molar-refractivity contribution in [2.24, 2.45) is 5.92 Å². The van der Waals surface area contributed by atoms with E-state index in [9.17, 15) is 19.2 Å². The molecule has 1 saturated heterocycles. The van der Waals surface area contributed by atoms with E-state index < -0.39 is 29.4 Å². The summed E-state index contributed by atoms with van der Waals surface area (Å²) in [4.78, 5) is 59.6. The Kier molecular flexibility index (Phi) is 10.1. The summed E-state index contributed by atoms with van der Waals surface area (Å²) in [5.41, 5.74) is 0.155. The van der Waals surface area contributed by atoms with Gasteiger partial charge in [0.15, 0.2) is 5.69 Å². The predicted molar refractivity (Wildman–Crippen MR) is 144 cm³/mol. The molecule has 1 aromatic heterocycles. The Morgan fingerprint density at radius 3 is 2.36 bits per heavy atom. The van der Waals surface area contributed by atoms with E-state index in [0.29, 0.717) is 32.4 Å². The molecule has 0 radical (unpaired) electrons. The molecule has 1 atom stereocenters. The Balaban J connectivity index is 1.57. The van der Waals surface area contributed by atoms with Gasteiger partial charge in [0.05, 0.1) is 6.33 Å². The Hall–Kier alpha value is -3.89. The first kappa shape index (κ1) is 29.7. The molecule has 1 aliphatic heterocycles. The lowest BCUT2D eigenvalue weighted by atomic mass is 10.0. The zero-order valence-corrected chi connectivity index (χ0v) is 23.3. The van der Waals surface area contributed by atoms with Crippen molar-refractivity contribution in [3.8, 4) is 0 Å². The van der Waals surface area contributed by atoms with E-state index in [0.717, 1.165) is 5.56 Å². The fourth-order valence-corrected chi connectivity index (χ4v) is 4.17. The first-order chi connectivity index (χ1) is 18.4. The van der Waals surface area contributed by atoms with Crippen molar-refractivity contribution in [3.63, 3.8) is 0 Å². The molecule has 0 spiro atoms. The van der Waals surface area contributed by atoms with Gasteiger partial charge in [0.1, 0.15) is 23.9 Å². The van der Waals surface area contributed by atoms with E-state index in [2.05, 4.69) is 20.6 Å². The third-order valence-electron chi connectivity index (χ3n) is 6.08. The van der Waals surface area contributed by atoms with Crippen LogP contribution in [0.1, 0.15) is 80.4 Å². The molecule has 0 bridgehead atoms. The Morgan fingerprint density at radius 2 is 1.74 bits per heavy atom. The lowest BCUT2D eigenvalue weighted by Crippen LogP contribution is -2.48. The molecule has 1 aliphatic rings. The number of nitrogens with one attached hydrogen (secondary N) is 3. The number of carbonyl (C=O) groups is 4. The Morgan fingerprint density at radius 1 is 1.08 bits per heavy atom. The molecule has 3 rings (SSSR count). The number of hydrogen-bond acceptors (Lipinski definition) is 7. The number of carbonyl (C=O) groups excluding carboxylic acids is 4. The molecular weight excluding hydrogens is 502 g/mol. The van der Waals surface area contributed by atoms with Crippen molar-refractivity contribution in [1.82, 2.24) is 25.5 Å². The molecule has 2 aromatic rings. The summed E-state index contributed by atoms with van der Waals surface area (Å²) in [7, 11) is 0. The molecule has 0 unspecified atom stereocenters. The summed E-state index contributed by atoms with van der Waals surface area (Å²) < 4.78 is 10.9. The highest BCUT2D eigenvalue weighted by atomic mass is 16.6. The largest absolute Gasteiger partial charge is 0.459 e. The number of esters is 1.